The molecular formula is C80H88N10O22P4. The second-order valence-corrected chi connectivity index (χ2v) is 44.1. The van der Waals surface area contributed by atoms with E-state index in [9.17, 15) is 74.1 Å². The average molecular weight is 1670 g/mol. The molecule has 5 amide bonds. The normalized spacial score (nSPS) is 28.2. The summed E-state index contributed by atoms with van der Waals surface area (Å²) in [5.74, 6) is 0.164. The number of likely N-dealkylation sites (tertiary alicyclic amines) is 5. The van der Waals surface area contributed by atoms with E-state index in [1.807, 2.05) is 12.1 Å². The summed E-state index contributed by atoms with van der Waals surface area (Å²) in [6, 6.07) is 28.1. The summed E-state index contributed by atoms with van der Waals surface area (Å²) < 4.78 is 124. The SMILES string of the molecule is CC1(C)Oc2ccc(C#N)cc2C(N2CCCC2=O)C1OP(=O)(O)P(=O)(O)OC1C(N2CCCC2=O)c2cc(C#N)ccc2OC1(C)C.CC1(C)Oc2ccc(C#N)cc2C(N2CCCC2=O)C1OP(=O)(O)P(=O)(OC1C(N2CCCC2=O)c2cc(C#N)ccc2OC1(C)C)OC1[C@H](N2CCCC2=O)c2cc(C#N)ccc2OC1(C)C. The first kappa shape index (κ1) is 83.0. The average Bonchev–Trinajstić information content (AvgIpc) is 0.869. The smallest absolute Gasteiger partial charge is 0.442 e. The van der Waals surface area contributed by atoms with Crippen molar-refractivity contribution in [3.63, 3.8) is 0 Å². The molecule has 14 atom stereocenters. The van der Waals surface area contributed by atoms with E-state index in [4.69, 9.17) is 46.3 Å². The Morgan fingerprint density at radius 2 is 0.500 bits per heavy atom. The monoisotopic (exact) mass is 1660 g/mol. The quantitative estimate of drug-likeness (QED) is 0.0728. The molecule has 5 aromatic rings. The Hall–Kier alpha value is -9.50. The molecule has 610 valence electrons. The van der Waals surface area contributed by atoms with Crippen LogP contribution in [0.5, 0.6) is 28.7 Å². The predicted molar refractivity (Wildman–Crippen MR) is 409 cm³/mol. The van der Waals surface area contributed by atoms with E-state index >= 15 is 9.13 Å². The summed E-state index contributed by atoms with van der Waals surface area (Å²) >= 11 is 0. The highest BCUT2D eigenvalue weighted by molar-refractivity contribution is 8.27. The number of fused-ring (bicyclic) bond motifs is 5. The molecule has 0 bridgehead atoms. The maximum Gasteiger partial charge on any atom is 0.442 e. The van der Waals surface area contributed by atoms with Gasteiger partial charge in [0.15, 0.2) is 0 Å². The minimum Gasteiger partial charge on any atom is -0.485 e. The third-order valence-electron chi connectivity index (χ3n) is 23.1. The molecule has 5 saturated heterocycles. The predicted octanol–water partition coefficient (Wildman–Crippen LogP) is 12.5. The zero-order valence-corrected chi connectivity index (χ0v) is 69.0. The second kappa shape index (κ2) is 30.5. The lowest BCUT2D eigenvalue weighted by Crippen LogP contribution is -2.56. The Labute approximate surface area is 670 Å². The number of nitriles is 5. The molecule has 0 saturated carbocycles. The minimum absolute atomic E-state index is 0.166. The molecule has 5 fully saturated rings. The van der Waals surface area contributed by atoms with Crippen molar-refractivity contribution in [1.82, 2.24) is 24.5 Å². The Balaban J connectivity index is 0.000000203. The highest BCUT2D eigenvalue weighted by Gasteiger charge is 2.66. The first-order chi connectivity index (χ1) is 54.6. The third kappa shape index (κ3) is 15.0. The van der Waals surface area contributed by atoms with Gasteiger partial charge in [-0.15, -0.1) is 0 Å². The fourth-order valence-electron chi connectivity index (χ4n) is 17.6. The van der Waals surface area contributed by atoms with Gasteiger partial charge in [0.2, 0.25) is 29.5 Å². The van der Waals surface area contributed by atoms with Crippen LogP contribution in [0.1, 0.15) is 219 Å². The highest BCUT2D eigenvalue weighted by Crippen LogP contribution is 2.85. The fourth-order valence-corrected chi connectivity index (χ4v) is 24.8. The maximum absolute atomic E-state index is 16.8. The molecule has 10 heterocycles. The van der Waals surface area contributed by atoms with Gasteiger partial charge in [-0.1, -0.05) is 0 Å². The number of hydrogen-bond donors (Lipinski definition) is 3. The number of benzene rings is 5. The molecule has 0 radical (unpaired) electrons. The molecule has 116 heavy (non-hydrogen) atoms. The summed E-state index contributed by atoms with van der Waals surface area (Å²) in [5, 5.41) is 49.2. The van der Waals surface area contributed by atoms with Crippen LogP contribution >= 0.6 is 29.1 Å². The van der Waals surface area contributed by atoms with Crippen molar-refractivity contribution in [3.05, 3.63) is 147 Å². The molecule has 5 aromatic carbocycles. The molecule has 0 aromatic heterocycles. The van der Waals surface area contributed by atoms with Crippen LogP contribution in [0.25, 0.3) is 0 Å². The van der Waals surface area contributed by atoms with E-state index in [2.05, 4.69) is 18.2 Å². The first-order valence-corrected chi connectivity index (χ1v) is 45.9. The van der Waals surface area contributed by atoms with Gasteiger partial charge in [-0.25, -0.2) is 18.3 Å². The topological polar surface area (TPSA) is 442 Å². The molecule has 10 aliphatic rings. The van der Waals surface area contributed by atoms with E-state index in [0.717, 1.165) is 0 Å². The van der Waals surface area contributed by atoms with Crippen LogP contribution in [0, 0.1) is 56.7 Å². The van der Waals surface area contributed by atoms with Crippen LogP contribution in [0.2, 0.25) is 0 Å². The zero-order chi connectivity index (χ0) is 83.5. The molecule has 0 aliphatic carbocycles. The number of amides is 5. The molecular weight excluding hydrogens is 1580 g/mol. The number of ether oxygens (including phenoxy) is 5. The van der Waals surface area contributed by atoms with Crippen molar-refractivity contribution in [2.24, 2.45) is 0 Å². The van der Waals surface area contributed by atoms with E-state index in [0.29, 0.717) is 88.7 Å². The third-order valence-corrected chi connectivity index (χ3v) is 32.1. The van der Waals surface area contributed by atoms with Gasteiger partial charge in [0.05, 0.1) is 88.4 Å². The van der Waals surface area contributed by atoms with Crippen molar-refractivity contribution in [2.75, 3.05) is 32.7 Å². The Bertz CT molecular complexity index is 5100. The van der Waals surface area contributed by atoms with Gasteiger partial charge in [0, 0.05) is 92.6 Å². The summed E-state index contributed by atoms with van der Waals surface area (Å²) in [6.07, 6.45) is -4.30. The molecule has 0 spiro atoms. The van der Waals surface area contributed by atoms with Gasteiger partial charge in [-0.3, -0.25) is 46.6 Å². The van der Waals surface area contributed by atoms with Gasteiger partial charge in [-0.05, 0) is 192 Å². The molecule has 10 aliphatic heterocycles. The van der Waals surface area contributed by atoms with E-state index < -0.39 is 118 Å². The van der Waals surface area contributed by atoms with Crippen LogP contribution < -0.4 is 23.7 Å². The lowest BCUT2D eigenvalue weighted by Gasteiger charge is -2.51. The number of rotatable bonds is 17. The van der Waals surface area contributed by atoms with Crippen LogP contribution in [0.15, 0.2) is 91.0 Å². The van der Waals surface area contributed by atoms with Gasteiger partial charge in [-0.2, -0.15) is 26.3 Å². The van der Waals surface area contributed by atoms with E-state index in [1.54, 1.807) is 130 Å². The van der Waals surface area contributed by atoms with Crippen molar-refractivity contribution in [1.29, 1.82) is 26.3 Å². The number of carbonyl (C=O) groups excluding carboxylic acids is 5. The van der Waals surface area contributed by atoms with Crippen LogP contribution in [0.4, 0.5) is 0 Å². The summed E-state index contributed by atoms with van der Waals surface area (Å²) in [6.45, 7) is 17.1. The van der Waals surface area contributed by atoms with Crippen LogP contribution in [-0.2, 0) is 64.9 Å². The molecule has 15 rings (SSSR count). The van der Waals surface area contributed by atoms with E-state index in [1.165, 1.54) is 54.8 Å². The van der Waals surface area contributed by atoms with Gasteiger partial charge in [0.25, 0.3) is 0 Å². The molecule has 3 N–H and O–H groups in total. The summed E-state index contributed by atoms with van der Waals surface area (Å²) in [4.78, 5) is 111. The standard InChI is InChI=1S/C48H52N6O12P2.C32H36N4O10P2/c1-46(2)43(40(52-19-7-10-37(52)55)31-22-28(25-49)13-16-34(31)61-46)64-67(58,59)68(60,65-44-41(53-20-8-11-38(53)56)32-23-29(26-50)14-17-35(32)62-47(44,3)4)66-45-42(54-21-9-12-39(54)57)33-24-30(27-51)15-18-36(33)63-48(45,5)6;1-31(2)29(27(35-13-5-7-25(35)37)21-15-19(17-33)9-11-23(21)43-31)45-47(39,40)48(41,42)46-30-28(36-14-6-8-26(36)38)22-16-20(18-34)10-12-24(22)44-32(30,3)4/h13-18,22-24,40-45H,7-12,19-21H2,1-6H3,(H,58,59);9-12,15-16,27-30H,5-8,13-14H2,1-4H3,(H,39,40)(H,41,42)/t40?,41-,42?,43?,44?,45?,68?;/m1./s1. The lowest BCUT2D eigenvalue weighted by atomic mass is 9.85. The second-order valence-electron chi connectivity index (χ2n) is 33.1. The van der Waals surface area contributed by atoms with Crippen LogP contribution in [-0.4, -0.2) is 160 Å². The van der Waals surface area contributed by atoms with Gasteiger partial charge < -0.3 is 62.9 Å². The van der Waals surface area contributed by atoms with Gasteiger partial charge >= 0.3 is 29.1 Å². The number of hydrogen-bond acceptors (Lipinski definition) is 24. The first-order valence-electron chi connectivity index (χ1n) is 38.3. The van der Waals surface area contributed by atoms with Crippen molar-refractivity contribution in [3.8, 4) is 59.1 Å². The molecule has 13 unspecified atom stereocenters. The number of nitrogens with zero attached hydrogens (tertiary/aromatic N) is 10. The van der Waals surface area contributed by atoms with Crippen molar-refractivity contribution in [2.45, 2.75) is 222 Å². The number of carbonyl (C=O) groups is 5. The molecule has 32 nitrogen and oxygen atoms in total. The summed E-state index contributed by atoms with van der Waals surface area (Å²) in [5.41, 5.74) is -4.66. The van der Waals surface area contributed by atoms with Crippen molar-refractivity contribution < 1.29 is 103 Å². The van der Waals surface area contributed by atoms with Gasteiger partial charge in [0.1, 0.15) is 87.3 Å². The zero-order valence-electron chi connectivity index (χ0n) is 65.4. The lowest BCUT2D eigenvalue weighted by molar-refractivity contribution is -0.142. The maximum atomic E-state index is 16.8. The Morgan fingerprint density at radius 3 is 0.672 bits per heavy atom. The fraction of sp³-hybridized carbons (Fsp3) is 0.500. The summed E-state index contributed by atoms with van der Waals surface area (Å²) in [7, 11) is -23.2. The van der Waals surface area contributed by atoms with E-state index in [-0.39, 0.29) is 122 Å². The Morgan fingerprint density at radius 1 is 0.319 bits per heavy atom. The minimum atomic E-state index is -5.98. The largest absolute Gasteiger partial charge is 0.485 e. The molecule has 36 heteroatoms. The van der Waals surface area contributed by atoms with Crippen LogP contribution in [0.3, 0.4) is 0 Å². The Kier molecular flexibility index (Phi) is 21.8. The van der Waals surface area contributed by atoms with Crippen molar-refractivity contribution >= 4 is 58.7 Å². The highest BCUT2D eigenvalue weighted by atomic mass is 32.1.